The molecule has 0 radical (unpaired) electrons. The average Bonchev–Trinajstić information content (AvgIpc) is 2.52. The fraction of sp³-hybridized carbons (Fsp3) is 0.850. The van der Waals surface area contributed by atoms with Gasteiger partial charge in [0.1, 0.15) is 0 Å². The zero-order valence-electron chi connectivity index (χ0n) is 15.3. The van der Waals surface area contributed by atoms with Crippen molar-refractivity contribution in [1.29, 1.82) is 0 Å². The Balaban J connectivity index is 3.36. The van der Waals surface area contributed by atoms with Crippen LogP contribution in [0.3, 0.4) is 0 Å². The lowest BCUT2D eigenvalue weighted by Crippen LogP contribution is -2.17. The van der Waals surface area contributed by atoms with Crippen LogP contribution in [0, 0.1) is 5.92 Å². The van der Waals surface area contributed by atoms with Crippen molar-refractivity contribution in [3.63, 3.8) is 0 Å². The highest BCUT2D eigenvalue weighted by molar-refractivity contribution is 5.66. The molecule has 0 aliphatic carbocycles. The topological polar surface area (TPSA) is 57.5 Å². The first-order chi connectivity index (χ1) is 11.1. The summed E-state index contributed by atoms with van der Waals surface area (Å²) in [4.78, 5) is 10.4. The van der Waals surface area contributed by atoms with Crippen molar-refractivity contribution in [2.45, 2.75) is 103 Å². The summed E-state index contributed by atoms with van der Waals surface area (Å²) in [6.07, 6.45) is 17.8. The summed E-state index contributed by atoms with van der Waals surface area (Å²) in [7, 11) is 0. The molecular weight excluding hydrogens is 288 g/mol. The molecule has 0 heterocycles. The summed E-state index contributed by atoms with van der Waals surface area (Å²) < 4.78 is 0. The minimum atomic E-state index is -0.678. The first kappa shape index (κ1) is 22.2. The van der Waals surface area contributed by atoms with Gasteiger partial charge in [-0.15, -0.1) is 0 Å². The van der Waals surface area contributed by atoms with Gasteiger partial charge in [-0.2, -0.15) is 0 Å². The van der Waals surface area contributed by atoms with Gasteiger partial charge in [-0.05, 0) is 38.0 Å². The quantitative estimate of drug-likeness (QED) is 0.282. The van der Waals surface area contributed by atoms with Gasteiger partial charge in [-0.25, -0.2) is 0 Å². The Hall–Kier alpha value is -0.830. The fourth-order valence-corrected chi connectivity index (χ4v) is 2.83. The van der Waals surface area contributed by atoms with Crippen molar-refractivity contribution < 1.29 is 15.0 Å². The number of carbonyl (C=O) groups is 1. The van der Waals surface area contributed by atoms with Crippen LogP contribution in [0.5, 0.6) is 0 Å². The van der Waals surface area contributed by atoms with E-state index in [0.717, 1.165) is 44.9 Å². The minimum absolute atomic E-state index is 0.161. The Kier molecular flexibility index (Phi) is 15.5. The van der Waals surface area contributed by atoms with Gasteiger partial charge in [0.15, 0.2) is 0 Å². The third-order valence-corrected chi connectivity index (χ3v) is 4.49. The van der Waals surface area contributed by atoms with Gasteiger partial charge in [0.05, 0.1) is 6.10 Å². The zero-order valence-corrected chi connectivity index (χ0v) is 15.3. The highest BCUT2D eigenvalue weighted by atomic mass is 16.4. The zero-order chi connectivity index (χ0) is 17.3. The molecule has 0 saturated heterocycles. The Bertz CT molecular complexity index is 299. The predicted octanol–water partition coefficient (Wildman–Crippen LogP) is 5.72. The van der Waals surface area contributed by atoms with Crippen molar-refractivity contribution in [2.24, 2.45) is 5.92 Å². The summed E-state index contributed by atoms with van der Waals surface area (Å²) >= 11 is 0. The molecule has 2 unspecified atom stereocenters. The molecule has 0 aromatic heterocycles. The van der Waals surface area contributed by atoms with Crippen molar-refractivity contribution in [3.05, 3.63) is 12.2 Å². The smallest absolute Gasteiger partial charge is 0.303 e. The van der Waals surface area contributed by atoms with Crippen molar-refractivity contribution >= 4 is 5.97 Å². The first-order valence-corrected chi connectivity index (χ1v) is 9.62. The van der Waals surface area contributed by atoms with Crippen LogP contribution in [0.25, 0.3) is 0 Å². The second-order valence-corrected chi connectivity index (χ2v) is 6.76. The van der Waals surface area contributed by atoms with E-state index in [4.69, 9.17) is 5.11 Å². The van der Waals surface area contributed by atoms with Gasteiger partial charge in [-0.1, -0.05) is 70.9 Å². The summed E-state index contributed by atoms with van der Waals surface area (Å²) in [5.41, 5.74) is 0. The Morgan fingerprint density at radius 3 is 2.04 bits per heavy atom. The van der Waals surface area contributed by atoms with E-state index in [-0.39, 0.29) is 6.10 Å². The maximum Gasteiger partial charge on any atom is 0.303 e. The molecule has 0 aromatic carbocycles. The van der Waals surface area contributed by atoms with Crippen LogP contribution in [0.2, 0.25) is 0 Å². The van der Waals surface area contributed by atoms with Gasteiger partial charge in [0.25, 0.3) is 0 Å². The molecule has 23 heavy (non-hydrogen) atoms. The largest absolute Gasteiger partial charge is 0.481 e. The lowest BCUT2D eigenvalue weighted by molar-refractivity contribution is -0.137. The number of hydrogen-bond donors (Lipinski definition) is 2. The maximum atomic E-state index is 10.4. The van der Waals surface area contributed by atoms with E-state index in [0.29, 0.717) is 12.3 Å². The number of aliphatic hydroxyl groups is 1. The normalized spacial score (nSPS) is 14.2. The first-order valence-electron chi connectivity index (χ1n) is 9.62. The molecule has 0 fully saturated rings. The second-order valence-electron chi connectivity index (χ2n) is 6.76. The van der Waals surface area contributed by atoms with Gasteiger partial charge in [0, 0.05) is 6.42 Å². The minimum Gasteiger partial charge on any atom is -0.481 e. The Morgan fingerprint density at radius 1 is 0.913 bits per heavy atom. The number of hydrogen-bond acceptors (Lipinski definition) is 2. The lowest BCUT2D eigenvalue weighted by Gasteiger charge is -2.18. The molecule has 0 saturated carbocycles. The summed E-state index contributed by atoms with van der Waals surface area (Å²) in [6.45, 7) is 4.29. The van der Waals surface area contributed by atoms with Crippen LogP contribution in [-0.2, 0) is 4.79 Å². The molecule has 0 aliphatic rings. The van der Waals surface area contributed by atoms with Gasteiger partial charge < -0.3 is 10.2 Å². The Morgan fingerprint density at radius 2 is 1.48 bits per heavy atom. The van der Waals surface area contributed by atoms with Gasteiger partial charge >= 0.3 is 5.97 Å². The van der Waals surface area contributed by atoms with E-state index in [9.17, 15) is 9.90 Å². The van der Waals surface area contributed by atoms with Gasteiger partial charge in [0.2, 0.25) is 0 Å². The lowest BCUT2D eigenvalue weighted by atomic mass is 9.94. The van der Waals surface area contributed by atoms with Crippen molar-refractivity contribution in [3.8, 4) is 0 Å². The Labute approximate surface area is 143 Å². The van der Waals surface area contributed by atoms with Crippen LogP contribution in [0.4, 0.5) is 0 Å². The molecule has 0 rings (SSSR count). The molecule has 3 heteroatoms. The van der Waals surface area contributed by atoms with Crippen LogP contribution in [-0.4, -0.2) is 22.3 Å². The molecule has 136 valence electrons. The number of carboxylic acid groups (broad SMARTS) is 1. The van der Waals surface area contributed by atoms with Gasteiger partial charge in [-0.3, -0.25) is 4.79 Å². The molecule has 3 nitrogen and oxygen atoms in total. The van der Waals surface area contributed by atoms with E-state index in [1.54, 1.807) is 0 Å². The standard InChI is InChI=1S/C20H38O3/c1-3-4-5-13-16-19(21)18(2)15-12-10-8-6-7-9-11-14-17-20(22)23/h4-5,18-19,21H,3,6-17H2,1-2H3,(H,22,23). The third kappa shape index (κ3) is 15.8. The van der Waals surface area contributed by atoms with E-state index < -0.39 is 5.97 Å². The molecule has 2 N–H and O–H groups in total. The highest BCUT2D eigenvalue weighted by Crippen LogP contribution is 2.18. The number of rotatable bonds is 16. The molecular formula is C20H38O3. The summed E-state index contributed by atoms with van der Waals surface area (Å²) in [5.74, 6) is -0.274. The number of unbranched alkanes of at least 4 members (excludes halogenated alkanes) is 7. The summed E-state index contributed by atoms with van der Waals surface area (Å²) in [5, 5.41) is 18.7. The fourth-order valence-electron chi connectivity index (χ4n) is 2.83. The number of aliphatic carboxylic acids is 1. The predicted molar refractivity (Wildman–Crippen MR) is 97.6 cm³/mol. The average molecular weight is 327 g/mol. The molecule has 0 aromatic rings. The van der Waals surface area contributed by atoms with E-state index in [1.807, 2.05) is 0 Å². The van der Waals surface area contributed by atoms with Crippen molar-refractivity contribution in [1.82, 2.24) is 0 Å². The van der Waals surface area contributed by atoms with Crippen LogP contribution in [0.15, 0.2) is 12.2 Å². The van der Waals surface area contributed by atoms with Crippen LogP contribution in [0.1, 0.15) is 97.3 Å². The van der Waals surface area contributed by atoms with Crippen LogP contribution >= 0.6 is 0 Å². The van der Waals surface area contributed by atoms with E-state index in [1.165, 1.54) is 32.1 Å². The van der Waals surface area contributed by atoms with E-state index in [2.05, 4.69) is 26.0 Å². The number of aliphatic hydroxyl groups excluding tert-OH is 1. The number of allylic oxidation sites excluding steroid dienone is 2. The van der Waals surface area contributed by atoms with E-state index >= 15 is 0 Å². The molecule has 0 amide bonds. The molecule has 0 aliphatic heterocycles. The summed E-state index contributed by atoms with van der Waals surface area (Å²) in [6, 6.07) is 0. The molecule has 0 bridgehead atoms. The van der Waals surface area contributed by atoms with Crippen LogP contribution < -0.4 is 0 Å². The molecule has 0 spiro atoms. The maximum absolute atomic E-state index is 10.4. The number of carboxylic acids is 1. The highest BCUT2D eigenvalue weighted by Gasteiger charge is 2.12. The second kappa shape index (κ2) is 16.0. The SMILES string of the molecule is CCC=CCCC(O)C(C)CCCCCCCCCCC(=O)O. The van der Waals surface area contributed by atoms with Crippen molar-refractivity contribution in [2.75, 3.05) is 0 Å². The molecule has 2 atom stereocenters. The third-order valence-electron chi connectivity index (χ3n) is 4.49. The monoisotopic (exact) mass is 326 g/mol.